The van der Waals surface area contributed by atoms with Crippen LogP contribution in [0.5, 0.6) is 0 Å². The van der Waals surface area contributed by atoms with Crippen LogP contribution in [0.3, 0.4) is 0 Å². The summed E-state index contributed by atoms with van der Waals surface area (Å²) in [6.07, 6.45) is 3.33. The van der Waals surface area contributed by atoms with Crippen molar-refractivity contribution in [2.75, 3.05) is 10.8 Å². The molecule has 0 saturated heterocycles. The van der Waals surface area contributed by atoms with Crippen molar-refractivity contribution in [1.29, 1.82) is 0 Å². The van der Waals surface area contributed by atoms with Gasteiger partial charge in [0.2, 0.25) is 0 Å². The van der Waals surface area contributed by atoms with Crippen molar-refractivity contribution in [3.63, 3.8) is 0 Å². The molecular weight excluding hydrogens is 248 g/mol. The third-order valence-electron chi connectivity index (χ3n) is 3.03. The van der Waals surface area contributed by atoms with Crippen molar-refractivity contribution in [3.8, 4) is 0 Å². The number of nitrogens with zero attached hydrogens (tertiary/aromatic N) is 1. The van der Waals surface area contributed by atoms with Crippen LogP contribution >= 0.6 is 0 Å². The zero-order chi connectivity index (χ0) is 13.2. The van der Waals surface area contributed by atoms with Crippen molar-refractivity contribution >= 4 is 15.9 Å². The summed E-state index contributed by atoms with van der Waals surface area (Å²) in [5.41, 5.74) is 1.80. The van der Waals surface area contributed by atoms with Gasteiger partial charge in [-0.15, -0.1) is 6.58 Å². The van der Waals surface area contributed by atoms with E-state index < -0.39 is 10.2 Å². The number of fused-ring (bicyclic) bond motifs is 1. The Morgan fingerprint density at radius 3 is 2.83 bits per heavy atom. The molecule has 1 aromatic rings. The fraction of sp³-hybridized carbons (Fsp3) is 0.385. The first-order valence-corrected chi connectivity index (χ1v) is 7.54. The maximum absolute atomic E-state index is 12.2. The van der Waals surface area contributed by atoms with Gasteiger partial charge in [0.25, 0.3) is 0 Å². The zero-order valence-corrected chi connectivity index (χ0v) is 11.3. The fourth-order valence-electron chi connectivity index (χ4n) is 2.26. The third kappa shape index (κ3) is 2.28. The van der Waals surface area contributed by atoms with Crippen LogP contribution in [0, 0.1) is 0 Å². The van der Waals surface area contributed by atoms with E-state index in [2.05, 4.69) is 11.3 Å². The van der Waals surface area contributed by atoms with Crippen molar-refractivity contribution in [3.05, 3.63) is 42.5 Å². The molecule has 1 N–H and O–H groups in total. The lowest BCUT2D eigenvalue weighted by Gasteiger charge is -2.35. The SMILES string of the molecule is C=CCN1c2ccccc2C(CCC)NS1(=O)=O. The Balaban J connectivity index is 2.51. The molecule has 4 nitrogen and oxygen atoms in total. The highest BCUT2D eigenvalue weighted by Crippen LogP contribution is 2.35. The van der Waals surface area contributed by atoms with Crippen molar-refractivity contribution in [1.82, 2.24) is 4.72 Å². The van der Waals surface area contributed by atoms with Crippen molar-refractivity contribution in [2.45, 2.75) is 25.8 Å². The Labute approximate surface area is 108 Å². The summed E-state index contributed by atoms with van der Waals surface area (Å²) >= 11 is 0. The van der Waals surface area contributed by atoms with E-state index in [-0.39, 0.29) is 12.6 Å². The first-order chi connectivity index (χ1) is 8.60. The summed E-state index contributed by atoms with van der Waals surface area (Å²) < 4.78 is 28.5. The topological polar surface area (TPSA) is 49.4 Å². The maximum atomic E-state index is 12.2. The van der Waals surface area contributed by atoms with Gasteiger partial charge in [0.15, 0.2) is 0 Å². The highest BCUT2D eigenvalue weighted by molar-refractivity contribution is 7.91. The minimum atomic E-state index is -3.46. The van der Waals surface area contributed by atoms with Crippen LogP contribution in [0.4, 0.5) is 5.69 Å². The largest absolute Gasteiger partial charge is 0.302 e. The first-order valence-electron chi connectivity index (χ1n) is 6.10. The van der Waals surface area contributed by atoms with Crippen LogP contribution in [0.1, 0.15) is 31.4 Å². The number of hydrogen-bond donors (Lipinski definition) is 1. The predicted molar refractivity (Wildman–Crippen MR) is 73.7 cm³/mol. The Morgan fingerprint density at radius 1 is 1.44 bits per heavy atom. The van der Waals surface area contributed by atoms with Gasteiger partial charge in [-0.25, -0.2) is 0 Å². The van der Waals surface area contributed by atoms with Gasteiger partial charge in [-0.3, -0.25) is 4.31 Å². The molecule has 0 fully saturated rings. The molecule has 98 valence electrons. The van der Waals surface area contributed by atoms with E-state index in [1.54, 1.807) is 6.08 Å². The van der Waals surface area contributed by atoms with Crippen LogP contribution < -0.4 is 9.03 Å². The van der Waals surface area contributed by atoms with Gasteiger partial charge in [0.1, 0.15) is 0 Å². The van der Waals surface area contributed by atoms with Gasteiger partial charge >= 0.3 is 10.2 Å². The van der Waals surface area contributed by atoms with Crippen LogP contribution in [0.2, 0.25) is 0 Å². The highest BCUT2D eigenvalue weighted by Gasteiger charge is 2.33. The van der Waals surface area contributed by atoms with Crippen molar-refractivity contribution in [2.24, 2.45) is 0 Å². The van der Waals surface area contributed by atoms with Gasteiger partial charge in [-0.1, -0.05) is 37.6 Å². The molecule has 1 aliphatic rings. The van der Waals surface area contributed by atoms with E-state index >= 15 is 0 Å². The van der Waals surface area contributed by atoms with Gasteiger partial charge in [-0.2, -0.15) is 13.1 Å². The molecule has 1 atom stereocenters. The molecule has 1 unspecified atom stereocenters. The molecule has 18 heavy (non-hydrogen) atoms. The Kier molecular flexibility index (Phi) is 3.73. The second-order valence-corrected chi connectivity index (χ2v) is 5.97. The number of nitrogens with one attached hydrogen (secondary N) is 1. The minimum absolute atomic E-state index is 0.128. The Bertz CT molecular complexity index is 540. The lowest BCUT2D eigenvalue weighted by Crippen LogP contribution is -2.47. The molecular formula is C13H18N2O2S. The molecule has 5 heteroatoms. The van der Waals surface area contributed by atoms with E-state index in [0.717, 1.165) is 24.1 Å². The first kappa shape index (κ1) is 13.1. The predicted octanol–water partition coefficient (Wildman–Crippen LogP) is 2.37. The molecule has 0 aliphatic carbocycles. The average molecular weight is 266 g/mol. The van der Waals surface area contributed by atoms with E-state index in [0.29, 0.717) is 0 Å². The van der Waals surface area contributed by atoms with Gasteiger partial charge < -0.3 is 0 Å². The number of anilines is 1. The summed E-state index contributed by atoms with van der Waals surface area (Å²) in [5.74, 6) is 0. The summed E-state index contributed by atoms with van der Waals surface area (Å²) in [7, 11) is -3.46. The number of para-hydroxylation sites is 1. The standard InChI is InChI=1S/C13H18N2O2S/c1-3-7-12-11-8-5-6-9-13(11)15(10-4-2)18(16,17)14-12/h4-6,8-9,12,14H,2-3,7,10H2,1H3. The van der Waals surface area contributed by atoms with Gasteiger partial charge in [0, 0.05) is 0 Å². The minimum Gasteiger partial charge on any atom is -0.254 e. The van der Waals surface area contributed by atoms with E-state index in [1.807, 2.05) is 31.2 Å². The zero-order valence-electron chi connectivity index (χ0n) is 10.5. The lowest BCUT2D eigenvalue weighted by molar-refractivity contribution is 0.524. The van der Waals surface area contributed by atoms with Gasteiger partial charge in [0.05, 0.1) is 18.3 Å². The smallest absolute Gasteiger partial charge is 0.254 e. The Hall–Kier alpha value is -1.33. The second-order valence-electron chi connectivity index (χ2n) is 4.34. The monoisotopic (exact) mass is 266 g/mol. The highest BCUT2D eigenvalue weighted by atomic mass is 32.2. The van der Waals surface area contributed by atoms with Gasteiger partial charge in [-0.05, 0) is 18.1 Å². The average Bonchev–Trinajstić information content (AvgIpc) is 2.34. The fourth-order valence-corrected chi connectivity index (χ4v) is 3.72. The summed E-state index contributed by atoms with van der Waals surface area (Å²) in [5, 5.41) is 0. The Morgan fingerprint density at radius 2 is 2.17 bits per heavy atom. The molecule has 1 aliphatic heterocycles. The molecule has 1 aromatic carbocycles. The molecule has 0 amide bonds. The van der Waals surface area contributed by atoms with E-state index in [9.17, 15) is 8.42 Å². The summed E-state index contributed by atoms with van der Waals surface area (Å²) in [4.78, 5) is 0. The van der Waals surface area contributed by atoms with Crippen LogP contribution in [-0.2, 0) is 10.2 Å². The summed E-state index contributed by atoms with van der Waals surface area (Å²) in [6.45, 7) is 5.95. The lowest BCUT2D eigenvalue weighted by atomic mass is 10.0. The van der Waals surface area contributed by atoms with E-state index in [4.69, 9.17) is 0 Å². The normalized spacial score (nSPS) is 21.4. The van der Waals surface area contributed by atoms with Crippen LogP contribution in [-0.4, -0.2) is 15.0 Å². The van der Waals surface area contributed by atoms with Crippen LogP contribution in [0.15, 0.2) is 36.9 Å². The maximum Gasteiger partial charge on any atom is 0.302 e. The van der Waals surface area contributed by atoms with Crippen LogP contribution in [0.25, 0.3) is 0 Å². The quantitative estimate of drug-likeness (QED) is 0.851. The van der Waals surface area contributed by atoms with Crippen molar-refractivity contribution < 1.29 is 8.42 Å². The molecule has 0 aromatic heterocycles. The summed E-state index contributed by atoms with van der Waals surface area (Å²) in [6, 6.07) is 7.50. The molecule has 0 bridgehead atoms. The molecule has 0 radical (unpaired) electrons. The second kappa shape index (κ2) is 5.12. The molecule has 0 spiro atoms. The van der Waals surface area contributed by atoms with E-state index in [1.165, 1.54) is 4.31 Å². The molecule has 2 rings (SSSR count). The molecule has 1 heterocycles. The third-order valence-corrected chi connectivity index (χ3v) is 4.54. The number of benzene rings is 1. The molecule has 0 saturated carbocycles. The number of rotatable bonds is 4. The number of hydrogen-bond acceptors (Lipinski definition) is 2.